The SMILES string of the molecule is Cn1cc(Cl)c2c(N3CC4(CC(N(CC(F)(F)CO)S(N)=O)C4)C3)ncnc21. The Bertz CT molecular complexity index is 927. The van der Waals surface area contributed by atoms with Gasteiger partial charge in [-0.25, -0.2) is 32.4 Å². The van der Waals surface area contributed by atoms with Gasteiger partial charge < -0.3 is 14.6 Å². The summed E-state index contributed by atoms with van der Waals surface area (Å²) >= 11 is 4.31. The fourth-order valence-corrected chi connectivity index (χ4v) is 5.39. The van der Waals surface area contributed by atoms with Crippen LogP contribution >= 0.6 is 11.6 Å². The van der Waals surface area contributed by atoms with E-state index in [1.807, 2.05) is 11.6 Å². The van der Waals surface area contributed by atoms with E-state index in [0.717, 1.165) is 21.2 Å². The molecule has 2 aromatic rings. The zero-order valence-corrected chi connectivity index (χ0v) is 16.8. The fraction of sp³-hybridized carbons (Fsp3) is 0.625. The summed E-state index contributed by atoms with van der Waals surface area (Å²) in [6, 6.07) is -0.295. The van der Waals surface area contributed by atoms with Gasteiger partial charge in [0.05, 0.1) is 17.0 Å². The lowest BCUT2D eigenvalue weighted by Gasteiger charge is -2.61. The summed E-state index contributed by atoms with van der Waals surface area (Å²) in [5, 5.41) is 15.6. The number of rotatable bonds is 6. The maximum absolute atomic E-state index is 13.5. The Balaban J connectivity index is 1.44. The van der Waals surface area contributed by atoms with Crippen LogP contribution in [-0.4, -0.2) is 66.4 Å². The lowest BCUT2D eigenvalue weighted by Crippen LogP contribution is -2.68. The highest BCUT2D eigenvalue weighted by atomic mass is 35.5. The average molecular weight is 435 g/mol. The van der Waals surface area contributed by atoms with Gasteiger partial charge in [-0.1, -0.05) is 11.6 Å². The van der Waals surface area contributed by atoms with Crippen molar-refractivity contribution < 1.29 is 18.1 Å². The number of alkyl halides is 2. The molecule has 1 spiro atoms. The van der Waals surface area contributed by atoms with E-state index in [-0.39, 0.29) is 11.5 Å². The van der Waals surface area contributed by atoms with Crippen LogP contribution in [0.25, 0.3) is 11.0 Å². The highest BCUT2D eigenvalue weighted by Crippen LogP contribution is 2.52. The molecule has 0 aromatic carbocycles. The van der Waals surface area contributed by atoms with E-state index in [1.165, 1.54) is 6.33 Å². The lowest BCUT2D eigenvalue weighted by atomic mass is 9.60. The average Bonchev–Trinajstić information content (AvgIpc) is 2.86. The van der Waals surface area contributed by atoms with Crippen LogP contribution in [0.15, 0.2) is 12.5 Å². The number of hydrogen-bond donors (Lipinski definition) is 2. The Morgan fingerprint density at radius 2 is 2.14 bits per heavy atom. The van der Waals surface area contributed by atoms with Crippen LogP contribution in [0, 0.1) is 5.41 Å². The minimum absolute atomic E-state index is 0.0324. The number of nitrogens with zero attached hydrogens (tertiary/aromatic N) is 5. The number of aliphatic hydroxyl groups excluding tert-OH is 1. The summed E-state index contributed by atoms with van der Waals surface area (Å²) < 4.78 is 41.7. The van der Waals surface area contributed by atoms with Gasteiger partial charge in [-0.3, -0.25) is 0 Å². The topological polar surface area (TPSA) is 101 Å². The van der Waals surface area contributed by atoms with Gasteiger partial charge in [0.1, 0.15) is 24.4 Å². The van der Waals surface area contributed by atoms with Crippen LogP contribution in [-0.2, 0) is 18.2 Å². The quantitative estimate of drug-likeness (QED) is 0.708. The molecule has 12 heteroatoms. The van der Waals surface area contributed by atoms with Crippen molar-refractivity contribution in [3.05, 3.63) is 17.5 Å². The van der Waals surface area contributed by atoms with Crippen LogP contribution in [0.1, 0.15) is 12.8 Å². The van der Waals surface area contributed by atoms with Crippen molar-refractivity contribution in [3.63, 3.8) is 0 Å². The molecule has 28 heavy (non-hydrogen) atoms. The minimum Gasteiger partial charge on any atom is -0.390 e. The van der Waals surface area contributed by atoms with Crippen molar-refractivity contribution in [2.75, 3.05) is 31.1 Å². The summed E-state index contributed by atoms with van der Waals surface area (Å²) in [6.07, 6.45) is 4.52. The van der Waals surface area contributed by atoms with E-state index in [4.69, 9.17) is 21.8 Å². The first-order valence-electron chi connectivity index (χ1n) is 8.77. The minimum atomic E-state index is -3.33. The number of fused-ring (bicyclic) bond motifs is 1. The molecule has 2 aliphatic rings. The number of anilines is 1. The summed E-state index contributed by atoms with van der Waals surface area (Å²) in [7, 11) is 1.86. The normalized spacial score (nSPS) is 20.6. The predicted molar refractivity (Wildman–Crippen MR) is 102 cm³/mol. The third-order valence-electron chi connectivity index (χ3n) is 5.63. The molecule has 1 atom stereocenters. The molecule has 1 saturated heterocycles. The highest BCUT2D eigenvalue weighted by molar-refractivity contribution is 7.80. The van der Waals surface area contributed by atoms with Crippen LogP contribution in [0.4, 0.5) is 14.6 Å². The van der Waals surface area contributed by atoms with E-state index >= 15 is 0 Å². The maximum Gasteiger partial charge on any atom is 0.284 e. The number of hydrogen-bond acceptors (Lipinski definition) is 5. The van der Waals surface area contributed by atoms with E-state index in [2.05, 4.69) is 14.9 Å². The molecular formula is C16H21ClF2N6O2S. The number of aliphatic hydroxyl groups is 1. The van der Waals surface area contributed by atoms with Crippen LogP contribution in [0.3, 0.4) is 0 Å². The molecule has 0 radical (unpaired) electrons. The number of halogens is 3. The molecular weight excluding hydrogens is 414 g/mol. The zero-order chi connectivity index (χ0) is 20.3. The summed E-state index contributed by atoms with van der Waals surface area (Å²) in [6.45, 7) is -0.693. The molecule has 8 nitrogen and oxygen atoms in total. The Kier molecular flexibility index (Phi) is 4.86. The molecule has 2 aromatic heterocycles. The van der Waals surface area contributed by atoms with Crippen LogP contribution in [0.2, 0.25) is 5.02 Å². The monoisotopic (exact) mass is 434 g/mol. The van der Waals surface area contributed by atoms with Gasteiger partial charge in [0, 0.05) is 37.8 Å². The Morgan fingerprint density at radius 1 is 1.46 bits per heavy atom. The van der Waals surface area contributed by atoms with Crippen molar-refractivity contribution in [3.8, 4) is 0 Å². The van der Waals surface area contributed by atoms with Gasteiger partial charge in [0.15, 0.2) is 11.2 Å². The Morgan fingerprint density at radius 3 is 2.75 bits per heavy atom. The van der Waals surface area contributed by atoms with Gasteiger partial charge in [-0.2, -0.15) is 0 Å². The summed E-state index contributed by atoms with van der Waals surface area (Å²) in [4.78, 5) is 10.7. The predicted octanol–water partition coefficient (Wildman–Crippen LogP) is 1.06. The molecule has 0 bridgehead atoms. The molecule has 1 aliphatic heterocycles. The summed E-state index contributed by atoms with van der Waals surface area (Å²) in [5.74, 6) is -2.57. The molecule has 154 valence electrons. The first-order valence-corrected chi connectivity index (χ1v) is 10.3. The second kappa shape index (κ2) is 6.84. The molecule has 3 heterocycles. The van der Waals surface area contributed by atoms with Gasteiger partial charge >= 0.3 is 0 Å². The molecule has 1 saturated carbocycles. The highest BCUT2D eigenvalue weighted by Gasteiger charge is 2.56. The van der Waals surface area contributed by atoms with E-state index in [1.54, 1.807) is 6.20 Å². The van der Waals surface area contributed by atoms with Crippen molar-refractivity contribution in [2.45, 2.75) is 24.8 Å². The van der Waals surface area contributed by atoms with Gasteiger partial charge in [0.2, 0.25) is 0 Å². The third kappa shape index (κ3) is 3.28. The van der Waals surface area contributed by atoms with E-state index < -0.39 is 30.2 Å². The van der Waals surface area contributed by atoms with Crippen LogP contribution < -0.4 is 10.0 Å². The van der Waals surface area contributed by atoms with Crippen molar-refractivity contribution >= 4 is 39.6 Å². The first kappa shape index (κ1) is 19.9. The van der Waals surface area contributed by atoms with Crippen LogP contribution in [0.5, 0.6) is 0 Å². The molecule has 2 fully saturated rings. The molecule has 3 N–H and O–H groups in total. The van der Waals surface area contributed by atoms with E-state index in [0.29, 0.717) is 31.0 Å². The third-order valence-corrected chi connectivity index (χ3v) is 6.81. The van der Waals surface area contributed by atoms with Crippen molar-refractivity contribution in [2.24, 2.45) is 17.6 Å². The number of aryl methyl sites for hydroxylation is 1. The Labute approximate surface area is 168 Å². The molecule has 0 amide bonds. The second-order valence-electron chi connectivity index (χ2n) is 7.77. The largest absolute Gasteiger partial charge is 0.390 e. The standard InChI is InChI=1S/C16H21ClF2N6O2S/c1-23-4-11(17)12-13(23)21-9-22-14(12)24-5-15(6-24)2-10(3-15)25(28(20)27)7-16(18,19)8-26/h4,9-10,26H,2-3,5-8,20H2,1H3. The van der Waals surface area contributed by atoms with E-state index in [9.17, 15) is 13.0 Å². The Hall–Kier alpha value is -1.40. The van der Waals surface area contributed by atoms with Crippen molar-refractivity contribution in [1.29, 1.82) is 0 Å². The second-order valence-corrected chi connectivity index (χ2v) is 9.20. The van der Waals surface area contributed by atoms with Gasteiger partial charge in [0.25, 0.3) is 5.92 Å². The summed E-state index contributed by atoms with van der Waals surface area (Å²) in [5.41, 5.74) is 0.716. The zero-order valence-electron chi connectivity index (χ0n) is 15.2. The van der Waals surface area contributed by atoms with Gasteiger partial charge in [-0.05, 0) is 12.8 Å². The molecule has 4 rings (SSSR count). The molecule has 1 unspecified atom stereocenters. The van der Waals surface area contributed by atoms with Crippen molar-refractivity contribution in [1.82, 2.24) is 18.8 Å². The fourth-order valence-electron chi connectivity index (χ4n) is 4.32. The first-order chi connectivity index (χ1) is 13.1. The molecule has 1 aliphatic carbocycles. The number of nitrogens with two attached hydrogens (primary N) is 1. The smallest absolute Gasteiger partial charge is 0.284 e. The number of aromatic nitrogens is 3. The van der Waals surface area contributed by atoms with Gasteiger partial charge in [-0.15, -0.1) is 0 Å². The lowest BCUT2D eigenvalue weighted by molar-refractivity contribution is -0.0803. The maximum atomic E-state index is 13.5.